The van der Waals surface area contributed by atoms with Crippen LogP contribution in [0.2, 0.25) is 0 Å². The molecule has 0 aromatic heterocycles. The molecule has 0 aliphatic carbocycles. The van der Waals surface area contributed by atoms with Gasteiger partial charge in [0.15, 0.2) is 12.6 Å². The molecule has 3 aliphatic rings. The number of carbonyl (C=O) groups excluding carboxylic acids is 1. The Morgan fingerprint density at radius 2 is 1.28 bits per heavy atom. The van der Waals surface area contributed by atoms with Gasteiger partial charge in [-0.1, -0.05) is 0 Å². The maximum atomic E-state index is 11.8. The van der Waals surface area contributed by atoms with E-state index in [9.17, 15) is 50.8 Å². The average Bonchev–Trinajstić information content (AvgIpc) is 3.11. The summed E-state index contributed by atoms with van der Waals surface area (Å²) in [7, 11) is 0. The molecule has 3 fully saturated rings. The van der Waals surface area contributed by atoms with Gasteiger partial charge in [0, 0.05) is 19.6 Å². The third kappa shape index (κ3) is 12.3. The summed E-state index contributed by atoms with van der Waals surface area (Å²) in [5, 5.41) is 101. The van der Waals surface area contributed by atoms with Crippen LogP contribution in [0.25, 0.3) is 0 Å². The zero-order valence-corrected chi connectivity index (χ0v) is 30.6. The van der Waals surface area contributed by atoms with Gasteiger partial charge >= 0.3 is 0 Å². The number of ether oxygens (including phenoxy) is 8. The fourth-order valence-corrected chi connectivity index (χ4v) is 6.24. The molecule has 1 amide bonds. The smallest absolute Gasteiger partial charge is 0.234 e. The normalized spacial score (nSPS) is 38.3. The molecule has 3 rings (SSSR count). The highest BCUT2D eigenvalue weighted by Gasteiger charge is 2.56. The van der Waals surface area contributed by atoms with Gasteiger partial charge in [0.25, 0.3) is 0 Å². The summed E-state index contributed by atoms with van der Waals surface area (Å²) in [5.74, 6) is -0.221. The molecule has 3 heterocycles. The Bertz CT molecular complexity index is 1070. The van der Waals surface area contributed by atoms with Gasteiger partial charge in [-0.3, -0.25) is 4.79 Å². The Kier molecular flexibility index (Phi) is 19.0. The predicted molar refractivity (Wildman–Crippen MR) is 179 cm³/mol. The van der Waals surface area contributed by atoms with Gasteiger partial charge < -0.3 is 100 Å². The second-order valence-corrected chi connectivity index (χ2v) is 13.9. The molecule has 0 saturated carbocycles. The van der Waals surface area contributed by atoms with Crippen molar-refractivity contribution in [2.75, 3.05) is 65.8 Å². The molecule has 53 heavy (non-hydrogen) atoms. The lowest BCUT2D eigenvalue weighted by molar-refractivity contribution is -0.388. The van der Waals surface area contributed by atoms with Crippen molar-refractivity contribution in [2.45, 2.75) is 131 Å². The van der Waals surface area contributed by atoms with E-state index >= 15 is 0 Å². The van der Waals surface area contributed by atoms with E-state index in [1.807, 2.05) is 0 Å². The van der Waals surface area contributed by atoms with Crippen LogP contribution in [0.1, 0.15) is 27.7 Å². The summed E-state index contributed by atoms with van der Waals surface area (Å²) in [5.41, 5.74) is 4.05. The van der Waals surface area contributed by atoms with Gasteiger partial charge in [-0.25, -0.2) is 0 Å². The molecular formula is C32H61N3O18. The second kappa shape index (κ2) is 21.9. The van der Waals surface area contributed by atoms with Crippen LogP contribution in [0.3, 0.4) is 0 Å². The number of aliphatic hydroxyl groups is 9. The molecule has 9 unspecified atom stereocenters. The highest BCUT2D eigenvalue weighted by atomic mass is 16.8. The van der Waals surface area contributed by atoms with E-state index in [-0.39, 0.29) is 38.8 Å². The van der Waals surface area contributed by atoms with Crippen LogP contribution >= 0.6 is 0 Å². The van der Waals surface area contributed by atoms with Gasteiger partial charge in [0.1, 0.15) is 79.4 Å². The fourth-order valence-electron chi connectivity index (χ4n) is 6.24. The molecule has 0 spiro atoms. The first kappa shape index (κ1) is 46.1. The third-order valence-corrected chi connectivity index (χ3v) is 9.09. The van der Waals surface area contributed by atoms with E-state index in [1.54, 1.807) is 27.7 Å². The van der Waals surface area contributed by atoms with E-state index in [2.05, 4.69) is 10.6 Å². The molecule has 0 aromatic rings. The van der Waals surface area contributed by atoms with Crippen molar-refractivity contribution in [1.82, 2.24) is 10.6 Å². The van der Waals surface area contributed by atoms with Gasteiger partial charge in [-0.05, 0) is 27.7 Å². The maximum absolute atomic E-state index is 11.8. The summed E-state index contributed by atoms with van der Waals surface area (Å²) in [6, 6.07) is 0. The van der Waals surface area contributed by atoms with Gasteiger partial charge in [-0.2, -0.15) is 0 Å². The fraction of sp³-hybridized carbons (Fsp3) is 0.969. The van der Waals surface area contributed by atoms with E-state index < -0.39 is 123 Å². The van der Waals surface area contributed by atoms with Crippen LogP contribution in [0.5, 0.6) is 0 Å². The van der Waals surface area contributed by atoms with E-state index in [0.29, 0.717) is 13.1 Å². The van der Waals surface area contributed by atoms with Crippen molar-refractivity contribution in [1.29, 1.82) is 0 Å². The number of hydrogen-bond donors (Lipinski definition) is 12. The molecule has 21 heteroatoms. The number of aliphatic hydroxyl groups excluding tert-OH is 9. The minimum atomic E-state index is -1.87. The maximum Gasteiger partial charge on any atom is 0.234 e. The van der Waals surface area contributed by atoms with Crippen molar-refractivity contribution in [3.8, 4) is 0 Å². The molecule has 3 aliphatic heterocycles. The molecule has 21 nitrogen and oxygen atoms in total. The van der Waals surface area contributed by atoms with Crippen LogP contribution < -0.4 is 16.4 Å². The minimum absolute atomic E-state index is 0.00836. The number of amides is 1. The van der Waals surface area contributed by atoms with E-state index in [4.69, 9.17) is 43.6 Å². The van der Waals surface area contributed by atoms with Crippen molar-refractivity contribution < 1.29 is 88.6 Å². The van der Waals surface area contributed by atoms with Crippen LogP contribution in [0.4, 0.5) is 0 Å². The van der Waals surface area contributed by atoms with Crippen molar-refractivity contribution in [3.63, 3.8) is 0 Å². The SMILES string of the molecule is CC(C)OC1C(O)[C@H](OC2C(O)[C@@H](O)C(CO)O[C@@H]2OC2C(O)[C@H](O)C(CO)O[C@@H]2C(C)(C)OCCOCCNC(=O)CNCCN)OC(CO)[C@H]1O. The van der Waals surface area contributed by atoms with Crippen molar-refractivity contribution in [3.05, 3.63) is 0 Å². The Labute approximate surface area is 308 Å². The summed E-state index contributed by atoms with van der Waals surface area (Å²) in [4.78, 5) is 11.8. The average molecular weight is 776 g/mol. The molecule has 312 valence electrons. The van der Waals surface area contributed by atoms with Crippen LogP contribution in [0, 0.1) is 0 Å². The van der Waals surface area contributed by atoms with E-state index in [1.165, 1.54) is 0 Å². The highest BCUT2D eigenvalue weighted by Crippen LogP contribution is 2.36. The van der Waals surface area contributed by atoms with Gasteiger partial charge in [-0.15, -0.1) is 0 Å². The standard InChI is InChI=1S/C32H61N3O18/c1-15(2)48-26-22(42)18(14-38)50-30(25(26)45)53-28-24(44)21(41)17(13-37)51-31(28)52-27-23(43)20(40)16(12-36)49-29(27)32(3,4)47-10-9-46-8-7-35-19(39)11-34-6-5-33/h15-18,20-31,34,36-38,40-45H,5-14,33H2,1-4H3,(H,35,39)/t16?,17?,18?,20-,21+,22-,23?,24?,25?,26?,27?,28?,29+,30+,31-/m1/s1. The Hall–Kier alpha value is -1.29. The Morgan fingerprint density at radius 1 is 0.717 bits per heavy atom. The van der Waals surface area contributed by atoms with Crippen molar-refractivity contribution in [2.24, 2.45) is 5.73 Å². The number of nitrogens with one attached hydrogen (secondary N) is 2. The molecule has 3 saturated heterocycles. The van der Waals surface area contributed by atoms with Crippen LogP contribution in [0.15, 0.2) is 0 Å². The molecule has 13 N–H and O–H groups in total. The molecular weight excluding hydrogens is 714 g/mol. The lowest BCUT2D eigenvalue weighted by Crippen LogP contribution is -2.69. The van der Waals surface area contributed by atoms with Gasteiger partial charge in [0.2, 0.25) is 5.91 Å². The first-order chi connectivity index (χ1) is 25.1. The first-order valence-electron chi connectivity index (χ1n) is 17.8. The Balaban J connectivity index is 1.77. The lowest BCUT2D eigenvalue weighted by atomic mass is 9.86. The number of nitrogens with two attached hydrogens (primary N) is 1. The quantitative estimate of drug-likeness (QED) is 0.0482. The number of carbonyl (C=O) groups is 1. The zero-order chi connectivity index (χ0) is 39.5. The monoisotopic (exact) mass is 775 g/mol. The summed E-state index contributed by atoms with van der Waals surface area (Å²) < 4.78 is 46.7. The predicted octanol–water partition coefficient (Wildman–Crippen LogP) is -6.61. The zero-order valence-electron chi connectivity index (χ0n) is 30.6. The van der Waals surface area contributed by atoms with Gasteiger partial charge in [0.05, 0.1) is 57.9 Å². The van der Waals surface area contributed by atoms with Crippen LogP contribution in [-0.2, 0) is 42.7 Å². The topological polar surface area (TPSA) is 323 Å². The minimum Gasteiger partial charge on any atom is -0.394 e. The van der Waals surface area contributed by atoms with E-state index in [0.717, 1.165) is 0 Å². The Morgan fingerprint density at radius 3 is 1.89 bits per heavy atom. The summed E-state index contributed by atoms with van der Waals surface area (Å²) >= 11 is 0. The highest BCUT2D eigenvalue weighted by molar-refractivity contribution is 5.77. The summed E-state index contributed by atoms with van der Waals surface area (Å²) in [6.07, 6.45) is -24.0. The second-order valence-electron chi connectivity index (χ2n) is 13.9. The lowest BCUT2D eigenvalue weighted by Gasteiger charge is -2.51. The number of rotatable bonds is 21. The molecule has 15 atom stereocenters. The van der Waals surface area contributed by atoms with Crippen molar-refractivity contribution >= 4 is 5.91 Å². The first-order valence-corrected chi connectivity index (χ1v) is 17.8. The third-order valence-electron chi connectivity index (χ3n) is 9.09. The largest absolute Gasteiger partial charge is 0.394 e. The molecule has 0 radical (unpaired) electrons. The molecule has 0 aromatic carbocycles. The van der Waals surface area contributed by atoms with Crippen LogP contribution in [-0.4, -0.2) is 221 Å². The number of hydrogen-bond acceptors (Lipinski definition) is 20. The molecule has 0 bridgehead atoms. The summed E-state index contributed by atoms with van der Waals surface area (Å²) in [6.45, 7) is 5.83.